The molecule has 0 N–H and O–H groups in total. The molecule has 0 aliphatic carbocycles. The number of nitrogens with zero attached hydrogens (tertiary/aromatic N) is 1. The summed E-state index contributed by atoms with van der Waals surface area (Å²) in [6.07, 6.45) is 8.56. The third-order valence-corrected chi connectivity index (χ3v) is 3.48. The molecule has 0 saturated carbocycles. The maximum atomic E-state index is 2.28. The summed E-state index contributed by atoms with van der Waals surface area (Å²) in [6.45, 7) is 0. The molecule has 2 heteroatoms. The molecule has 64 valence electrons. The molecule has 1 aromatic carbocycles. The van der Waals surface area contributed by atoms with Crippen molar-refractivity contribution in [2.45, 2.75) is 10.9 Å². The average molecular weight is 187 g/mol. The van der Waals surface area contributed by atoms with Gasteiger partial charge in [-0.05, 0) is 29.7 Å². The first-order valence-electron chi connectivity index (χ1n) is 4.35. The SMILES string of the molecule is C1=CC2c3ccccc3SN2C=C1. The first kappa shape index (κ1) is 7.27. The molecule has 0 amide bonds. The van der Waals surface area contributed by atoms with E-state index in [1.165, 1.54) is 10.5 Å². The van der Waals surface area contributed by atoms with Crippen molar-refractivity contribution in [3.63, 3.8) is 0 Å². The fraction of sp³-hybridized carbons (Fsp3) is 0.0909. The summed E-state index contributed by atoms with van der Waals surface area (Å²) in [5, 5.41) is 0. The fourth-order valence-corrected chi connectivity index (χ4v) is 2.82. The minimum Gasteiger partial charge on any atom is -0.308 e. The normalized spacial score (nSPS) is 23.1. The van der Waals surface area contributed by atoms with Crippen molar-refractivity contribution in [3.8, 4) is 0 Å². The molecular formula is C11H9NS. The van der Waals surface area contributed by atoms with Crippen molar-refractivity contribution in [1.29, 1.82) is 0 Å². The number of fused-ring (bicyclic) bond motifs is 3. The Morgan fingerprint density at radius 1 is 1.15 bits per heavy atom. The monoisotopic (exact) mass is 187 g/mol. The summed E-state index contributed by atoms with van der Waals surface area (Å²) < 4.78 is 2.28. The van der Waals surface area contributed by atoms with Crippen molar-refractivity contribution in [2.75, 3.05) is 0 Å². The van der Waals surface area contributed by atoms with Gasteiger partial charge in [-0.1, -0.05) is 30.4 Å². The Balaban J connectivity index is 2.12. The molecule has 0 saturated heterocycles. The van der Waals surface area contributed by atoms with Gasteiger partial charge in [0.05, 0.1) is 6.04 Å². The van der Waals surface area contributed by atoms with E-state index in [1.54, 1.807) is 0 Å². The minimum atomic E-state index is 0.450. The van der Waals surface area contributed by atoms with Crippen molar-refractivity contribution in [1.82, 2.24) is 4.31 Å². The molecule has 0 radical (unpaired) electrons. The van der Waals surface area contributed by atoms with Gasteiger partial charge in [0.15, 0.2) is 0 Å². The molecule has 2 aliphatic heterocycles. The molecule has 0 fully saturated rings. The number of hydrogen-bond donors (Lipinski definition) is 0. The van der Waals surface area contributed by atoms with Crippen LogP contribution in [0.1, 0.15) is 11.6 Å². The van der Waals surface area contributed by atoms with Crippen LogP contribution in [-0.2, 0) is 0 Å². The summed E-state index contributed by atoms with van der Waals surface area (Å²) in [7, 11) is 0. The van der Waals surface area contributed by atoms with E-state index in [0.717, 1.165) is 0 Å². The first-order valence-corrected chi connectivity index (χ1v) is 5.13. The van der Waals surface area contributed by atoms with E-state index in [2.05, 4.69) is 53.0 Å². The highest BCUT2D eigenvalue weighted by molar-refractivity contribution is 7.97. The Kier molecular flexibility index (Phi) is 1.49. The van der Waals surface area contributed by atoms with E-state index < -0.39 is 0 Å². The highest BCUT2D eigenvalue weighted by Crippen LogP contribution is 2.45. The molecule has 0 aromatic heterocycles. The van der Waals surface area contributed by atoms with E-state index in [4.69, 9.17) is 0 Å². The highest BCUT2D eigenvalue weighted by atomic mass is 32.2. The summed E-state index contributed by atoms with van der Waals surface area (Å²) in [5.41, 5.74) is 1.42. The second-order valence-corrected chi connectivity index (χ2v) is 4.20. The van der Waals surface area contributed by atoms with E-state index in [-0.39, 0.29) is 0 Å². The predicted octanol–water partition coefficient (Wildman–Crippen LogP) is 3.13. The standard InChI is InChI=1S/C11H9NS/c1-2-7-11-9(5-1)10-6-3-4-8-12(10)13-11/h1-8,10H. The van der Waals surface area contributed by atoms with Gasteiger partial charge in [0.1, 0.15) is 0 Å². The number of benzene rings is 1. The van der Waals surface area contributed by atoms with Crippen LogP contribution in [0, 0.1) is 0 Å². The fourth-order valence-electron chi connectivity index (χ4n) is 1.73. The molecule has 13 heavy (non-hydrogen) atoms. The van der Waals surface area contributed by atoms with Crippen molar-refractivity contribution in [2.24, 2.45) is 0 Å². The molecule has 1 aromatic rings. The summed E-state index contributed by atoms with van der Waals surface area (Å²) in [4.78, 5) is 1.38. The Morgan fingerprint density at radius 2 is 2.08 bits per heavy atom. The lowest BCUT2D eigenvalue weighted by molar-refractivity contribution is 0.550. The van der Waals surface area contributed by atoms with Crippen LogP contribution in [0.5, 0.6) is 0 Å². The Labute approximate surface area is 81.9 Å². The molecule has 1 nitrogen and oxygen atoms in total. The lowest BCUT2D eigenvalue weighted by atomic mass is 10.1. The summed E-state index contributed by atoms with van der Waals surface area (Å²) in [5.74, 6) is 0. The van der Waals surface area contributed by atoms with Crippen LogP contribution in [0.15, 0.2) is 53.6 Å². The number of allylic oxidation sites excluding steroid dienone is 2. The van der Waals surface area contributed by atoms with Gasteiger partial charge in [-0.3, -0.25) is 0 Å². The number of hydrogen-bond acceptors (Lipinski definition) is 2. The quantitative estimate of drug-likeness (QED) is 0.574. The average Bonchev–Trinajstić information content (AvgIpc) is 2.56. The zero-order valence-electron chi connectivity index (χ0n) is 7.05. The van der Waals surface area contributed by atoms with Crippen LogP contribution in [0.4, 0.5) is 0 Å². The van der Waals surface area contributed by atoms with E-state index >= 15 is 0 Å². The maximum Gasteiger partial charge on any atom is 0.0848 e. The van der Waals surface area contributed by atoms with Crippen LogP contribution in [0.25, 0.3) is 0 Å². The molecule has 1 atom stereocenters. The third-order valence-electron chi connectivity index (χ3n) is 2.35. The van der Waals surface area contributed by atoms with Crippen LogP contribution < -0.4 is 0 Å². The van der Waals surface area contributed by atoms with Crippen molar-refractivity contribution in [3.05, 3.63) is 54.3 Å². The van der Waals surface area contributed by atoms with Gasteiger partial charge >= 0.3 is 0 Å². The van der Waals surface area contributed by atoms with Gasteiger partial charge < -0.3 is 4.31 Å². The van der Waals surface area contributed by atoms with Gasteiger partial charge in [-0.15, -0.1) is 0 Å². The molecular weight excluding hydrogens is 178 g/mol. The molecule has 2 heterocycles. The van der Waals surface area contributed by atoms with Gasteiger partial charge in [0, 0.05) is 11.1 Å². The zero-order chi connectivity index (χ0) is 8.67. The maximum absolute atomic E-state index is 2.28. The lowest BCUT2D eigenvalue weighted by Gasteiger charge is -2.20. The highest BCUT2D eigenvalue weighted by Gasteiger charge is 2.27. The largest absolute Gasteiger partial charge is 0.308 e. The molecule has 2 aliphatic rings. The first-order chi connectivity index (χ1) is 6.45. The zero-order valence-corrected chi connectivity index (χ0v) is 7.87. The molecule has 0 bridgehead atoms. The molecule has 1 unspecified atom stereocenters. The van der Waals surface area contributed by atoms with Gasteiger partial charge in [0.2, 0.25) is 0 Å². The van der Waals surface area contributed by atoms with Gasteiger partial charge in [0.25, 0.3) is 0 Å². The van der Waals surface area contributed by atoms with E-state index in [0.29, 0.717) is 6.04 Å². The van der Waals surface area contributed by atoms with Gasteiger partial charge in [-0.2, -0.15) is 0 Å². The van der Waals surface area contributed by atoms with E-state index in [1.807, 2.05) is 11.9 Å². The summed E-state index contributed by atoms with van der Waals surface area (Å²) in [6, 6.07) is 9.04. The Bertz CT molecular complexity index is 395. The summed E-state index contributed by atoms with van der Waals surface area (Å²) >= 11 is 1.82. The molecule has 3 rings (SSSR count). The molecule has 0 spiro atoms. The van der Waals surface area contributed by atoms with Crippen LogP contribution in [0.2, 0.25) is 0 Å². The number of rotatable bonds is 0. The van der Waals surface area contributed by atoms with E-state index in [9.17, 15) is 0 Å². The Morgan fingerprint density at radius 3 is 3.08 bits per heavy atom. The lowest BCUT2D eigenvalue weighted by Crippen LogP contribution is -2.10. The predicted molar refractivity (Wildman–Crippen MR) is 55.2 cm³/mol. The third kappa shape index (κ3) is 1.02. The minimum absolute atomic E-state index is 0.450. The van der Waals surface area contributed by atoms with Crippen LogP contribution >= 0.6 is 11.9 Å². The topological polar surface area (TPSA) is 3.24 Å². The van der Waals surface area contributed by atoms with Crippen LogP contribution in [-0.4, -0.2) is 4.31 Å². The second kappa shape index (κ2) is 2.67. The Hall–Kier alpha value is -1.15. The van der Waals surface area contributed by atoms with Crippen molar-refractivity contribution < 1.29 is 0 Å². The van der Waals surface area contributed by atoms with Gasteiger partial charge in [-0.25, -0.2) is 0 Å². The van der Waals surface area contributed by atoms with Crippen LogP contribution in [0.3, 0.4) is 0 Å². The van der Waals surface area contributed by atoms with Crippen molar-refractivity contribution >= 4 is 11.9 Å². The smallest absolute Gasteiger partial charge is 0.0848 e. The second-order valence-electron chi connectivity index (χ2n) is 3.16.